The van der Waals surface area contributed by atoms with Gasteiger partial charge in [-0.25, -0.2) is 19.7 Å². The lowest BCUT2D eigenvalue weighted by molar-refractivity contribution is 0.193. The van der Waals surface area contributed by atoms with Crippen LogP contribution in [0.1, 0.15) is 11.6 Å². The lowest BCUT2D eigenvalue weighted by Crippen LogP contribution is -2.52. The van der Waals surface area contributed by atoms with Crippen LogP contribution in [0.5, 0.6) is 0 Å². The van der Waals surface area contributed by atoms with Crippen LogP contribution in [0, 0.1) is 6.92 Å². The van der Waals surface area contributed by atoms with Gasteiger partial charge in [0.2, 0.25) is 0 Å². The van der Waals surface area contributed by atoms with Crippen LogP contribution in [0.3, 0.4) is 0 Å². The number of hydrogen-bond acceptors (Lipinski definition) is 6. The highest BCUT2D eigenvalue weighted by molar-refractivity contribution is 5.89. The highest BCUT2D eigenvalue weighted by Crippen LogP contribution is 2.23. The van der Waals surface area contributed by atoms with Crippen LogP contribution in [0.2, 0.25) is 0 Å². The molecule has 0 bridgehead atoms. The van der Waals surface area contributed by atoms with Crippen LogP contribution in [0.25, 0.3) is 10.9 Å². The molecule has 2 N–H and O–H groups in total. The van der Waals surface area contributed by atoms with Crippen molar-refractivity contribution in [2.24, 2.45) is 0 Å². The number of carbonyl (C=O) groups is 1. The van der Waals surface area contributed by atoms with Crippen molar-refractivity contribution in [2.75, 3.05) is 31.1 Å². The van der Waals surface area contributed by atoms with Crippen LogP contribution in [0.4, 0.5) is 10.6 Å². The molecule has 1 saturated heterocycles. The second-order valence-electron chi connectivity index (χ2n) is 6.18. The zero-order valence-corrected chi connectivity index (χ0v) is 14.5. The third-order valence-corrected chi connectivity index (χ3v) is 4.43. The standard InChI is InChI=1S/C17H20N8O/c1-12-21-15(23-22-12)10-18-17(26)25-8-6-24(7-9-25)16-13-4-2-3-5-14(13)19-11-20-16/h2-5,11H,6-10H2,1H3,(H,18,26)(H,21,22,23). The van der Waals surface area contributed by atoms with E-state index in [1.807, 2.05) is 31.2 Å². The number of amides is 2. The number of rotatable bonds is 3. The Morgan fingerprint density at radius 3 is 2.77 bits per heavy atom. The zero-order valence-electron chi connectivity index (χ0n) is 14.5. The number of fused-ring (bicyclic) bond motifs is 1. The predicted octanol–water partition coefficient (Wildman–Crippen LogP) is 1.09. The van der Waals surface area contributed by atoms with Gasteiger partial charge in [0.1, 0.15) is 18.0 Å². The average Bonchev–Trinajstić information content (AvgIpc) is 3.11. The first kappa shape index (κ1) is 16.2. The third kappa shape index (κ3) is 3.28. The van der Waals surface area contributed by atoms with Gasteiger partial charge in [0.05, 0.1) is 12.1 Å². The molecule has 9 nitrogen and oxygen atoms in total. The van der Waals surface area contributed by atoms with E-state index in [0.29, 0.717) is 25.5 Å². The molecule has 134 valence electrons. The zero-order chi connectivity index (χ0) is 17.9. The molecule has 1 fully saturated rings. The van der Waals surface area contributed by atoms with Crippen molar-refractivity contribution in [2.45, 2.75) is 13.5 Å². The van der Waals surface area contributed by atoms with Crippen molar-refractivity contribution in [3.05, 3.63) is 42.2 Å². The fraction of sp³-hybridized carbons (Fsp3) is 0.353. The Kier molecular flexibility index (Phi) is 4.34. The SMILES string of the molecule is Cc1nc(CNC(=O)N2CCN(c3ncnc4ccccc34)CC2)n[nH]1. The number of carbonyl (C=O) groups excluding carboxylic acids is 1. The molecule has 3 aromatic rings. The summed E-state index contributed by atoms with van der Waals surface area (Å²) in [5.41, 5.74) is 0.930. The average molecular weight is 352 g/mol. The fourth-order valence-corrected chi connectivity index (χ4v) is 3.10. The van der Waals surface area contributed by atoms with Gasteiger partial charge in [-0.3, -0.25) is 5.10 Å². The van der Waals surface area contributed by atoms with E-state index < -0.39 is 0 Å². The lowest BCUT2D eigenvalue weighted by atomic mass is 10.2. The first-order valence-corrected chi connectivity index (χ1v) is 8.56. The molecule has 1 aliphatic heterocycles. The molecule has 1 aromatic carbocycles. The van der Waals surface area contributed by atoms with Gasteiger partial charge >= 0.3 is 6.03 Å². The number of aromatic amines is 1. The summed E-state index contributed by atoms with van der Waals surface area (Å²) in [6.07, 6.45) is 1.59. The third-order valence-electron chi connectivity index (χ3n) is 4.43. The maximum Gasteiger partial charge on any atom is 0.317 e. The van der Waals surface area contributed by atoms with E-state index in [4.69, 9.17) is 0 Å². The molecular formula is C17H20N8O. The van der Waals surface area contributed by atoms with E-state index in [9.17, 15) is 4.79 Å². The summed E-state index contributed by atoms with van der Waals surface area (Å²) in [6.45, 7) is 4.88. The number of aromatic nitrogens is 5. The number of aryl methyl sites for hydroxylation is 1. The van der Waals surface area contributed by atoms with Crippen molar-refractivity contribution in [1.29, 1.82) is 0 Å². The van der Waals surface area contributed by atoms with Crippen molar-refractivity contribution in [3.8, 4) is 0 Å². The Hall–Kier alpha value is -3.23. The predicted molar refractivity (Wildman–Crippen MR) is 96.7 cm³/mol. The van der Waals surface area contributed by atoms with Crippen molar-refractivity contribution >= 4 is 22.8 Å². The van der Waals surface area contributed by atoms with Gasteiger partial charge < -0.3 is 15.1 Å². The first-order chi connectivity index (χ1) is 12.7. The number of urea groups is 1. The summed E-state index contributed by atoms with van der Waals surface area (Å²) in [6, 6.07) is 7.87. The summed E-state index contributed by atoms with van der Waals surface area (Å²) in [5, 5.41) is 10.7. The molecular weight excluding hydrogens is 332 g/mol. The number of hydrogen-bond donors (Lipinski definition) is 2. The smallest absolute Gasteiger partial charge is 0.317 e. The molecule has 3 heterocycles. The summed E-state index contributed by atoms with van der Waals surface area (Å²) in [4.78, 5) is 29.3. The molecule has 9 heteroatoms. The van der Waals surface area contributed by atoms with Crippen LogP contribution in [0.15, 0.2) is 30.6 Å². The molecule has 0 atom stereocenters. The van der Waals surface area contributed by atoms with Crippen LogP contribution < -0.4 is 10.2 Å². The molecule has 2 amide bonds. The highest BCUT2D eigenvalue weighted by Gasteiger charge is 2.23. The summed E-state index contributed by atoms with van der Waals surface area (Å²) < 4.78 is 0. The Morgan fingerprint density at radius 1 is 1.19 bits per heavy atom. The van der Waals surface area contributed by atoms with Crippen LogP contribution in [-0.4, -0.2) is 62.3 Å². The molecule has 0 spiro atoms. The second-order valence-corrected chi connectivity index (χ2v) is 6.18. The normalized spacial score (nSPS) is 14.7. The van der Waals surface area contributed by atoms with Crippen molar-refractivity contribution < 1.29 is 4.79 Å². The Labute approximate surface area is 150 Å². The van der Waals surface area contributed by atoms with Gasteiger partial charge in [0.25, 0.3) is 0 Å². The number of benzene rings is 1. The van der Waals surface area contributed by atoms with Crippen molar-refractivity contribution in [1.82, 2.24) is 35.4 Å². The van der Waals surface area contributed by atoms with Gasteiger partial charge in [-0.05, 0) is 19.1 Å². The number of para-hydroxylation sites is 1. The number of piperazine rings is 1. The maximum absolute atomic E-state index is 12.3. The number of nitrogens with one attached hydrogen (secondary N) is 2. The minimum Gasteiger partial charge on any atom is -0.352 e. The van der Waals surface area contributed by atoms with Gasteiger partial charge in [-0.2, -0.15) is 5.10 Å². The summed E-state index contributed by atoms with van der Waals surface area (Å²) in [7, 11) is 0. The Balaban J connectivity index is 1.37. The van der Waals surface area contributed by atoms with E-state index in [0.717, 1.165) is 35.6 Å². The number of H-pyrrole nitrogens is 1. The largest absolute Gasteiger partial charge is 0.352 e. The van der Waals surface area contributed by atoms with Gasteiger partial charge in [0, 0.05) is 31.6 Å². The van der Waals surface area contributed by atoms with E-state index in [1.54, 1.807) is 11.2 Å². The summed E-state index contributed by atoms with van der Waals surface area (Å²) in [5.74, 6) is 2.24. The molecule has 4 rings (SSSR count). The van der Waals surface area contributed by atoms with E-state index in [2.05, 4.69) is 35.4 Å². The quantitative estimate of drug-likeness (QED) is 0.731. The maximum atomic E-state index is 12.3. The fourth-order valence-electron chi connectivity index (χ4n) is 3.10. The van der Waals surface area contributed by atoms with Crippen LogP contribution >= 0.6 is 0 Å². The topological polar surface area (TPSA) is 103 Å². The van der Waals surface area contributed by atoms with Gasteiger partial charge in [0.15, 0.2) is 5.82 Å². The van der Waals surface area contributed by atoms with Gasteiger partial charge in [-0.1, -0.05) is 12.1 Å². The highest BCUT2D eigenvalue weighted by atomic mass is 16.2. The molecule has 0 saturated carbocycles. The summed E-state index contributed by atoms with van der Waals surface area (Å²) >= 11 is 0. The van der Waals surface area contributed by atoms with E-state index in [1.165, 1.54) is 0 Å². The van der Waals surface area contributed by atoms with E-state index >= 15 is 0 Å². The van der Waals surface area contributed by atoms with E-state index in [-0.39, 0.29) is 6.03 Å². The monoisotopic (exact) mass is 352 g/mol. The molecule has 0 aliphatic carbocycles. The lowest BCUT2D eigenvalue weighted by Gasteiger charge is -2.35. The van der Waals surface area contributed by atoms with Crippen LogP contribution in [-0.2, 0) is 6.54 Å². The molecule has 0 unspecified atom stereocenters. The number of anilines is 1. The molecule has 2 aromatic heterocycles. The van der Waals surface area contributed by atoms with Gasteiger partial charge in [-0.15, -0.1) is 0 Å². The second kappa shape index (κ2) is 6.95. The minimum atomic E-state index is -0.0975. The first-order valence-electron chi connectivity index (χ1n) is 8.56. The minimum absolute atomic E-state index is 0.0975. The molecule has 26 heavy (non-hydrogen) atoms. The molecule has 1 aliphatic rings. The number of nitrogens with zero attached hydrogens (tertiary/aromatic N) is 6. The Bertz CT molecular complexity index is 911. The molecule has 0 radical (unpaired) electrons. The van der Waals surface area contributed by atoms with Crippen molar-refractivity contribution in [3.63, 3.8) is 0 Å². The Morgan fingerprint density at radius 2 is 2.00 bits per heavy atom.